The number of rotatable bonds is 4. The minimum absolute atomic E-state index is 0.0145. The first-order chi connectivity index (χ1) is 13.9. The fourth-order valence-corrected chi connectivity index (χ4v) is 3.82. The third-order valence-electron chi connectivity index (χ3n) is 4.36. The monoisotopic (exact) mass is 410 g/mol. The van der Waals surface area contributed by atoms with Crippen molar-refractivity contribution in [2.45, 2.75) is 11.7 Å². The first-order valence-electron chi connectivity index (χ1n) is 8.58. The summed E-state index contributed by atoms with van der Waals surface area (Å²) in [7, 11) is 0. The highest BCUT2D eigenvalue weighted by Crippen LogP contribution is 2.24. The number of carbonyl (C=O) groups excluding carboxylic acids is 3. The Kier molecular flexibility index (Phi) is 4.81. The van der Waals surface area contributed by atoms with Crippen LogP contribution in [0.3, 0.4) is 0 Å². The molecule has 3 amide bonds. The van der Waals surface area contributed by atoms with Crippen molar-refractivity contribution in [1.82, 2.24) is 5.32 Å². The number of amides is 3. The Morgan fingerprint density at radius 3 is 2.59 bits per heavy atom. The van der Waals surface area contributed by atoms with Gasteiger partial charge in [0.2, 0.25) is 5.91 Å². The number of benzene rings is 2. The average Bonchev–Trinajstić information content (AvgIpc) is 3.00. The number of nitrogens with one attached hydrogen (secondary N) is 2. The molecule has 0 aliphatic carbocycles. The van der Waals surface area contributed by atoms with Gasteiger partial charge in [-0.1, -0.05) is 30.0 Å². The fourth-order valence-electron chi connectivity index (χ4n) is 2.96. The first-order valence-corrected chi connectivity index (χ1v) is 9.46. The van der Waals surface area contributed by atoms with Crippen LogP contribution in [0.5, 0.6) is 5.75 Å². The third-order valence-corrected chi connectivity index (χ3v) is 5.34. The van der Waals surface area contributed by atoms with E-state index in [4.69, 9.17) is 4.42 Å². The van der Waals surface area contributed by atoms with Crippen molar-refractivity contribution >= 4 is 45.5 Å². The molecule has 0 bridgehead atoms. The molecule has 2 heterocycles. The van der Waals surface area contributed by atoms with Crippen LogP contribution in [0.4, 0.5) is 10.5 Å². The van der Waals surface area contributed by atoms with Gasteiger partial charge in [0.25, 0.3) is 11.1 Å². The molecule has 1 aromatic heterocycles. The van der Waals surface area contributed by atoms with Crippen LogP contribution in [0, 0.1) is 0 Å². The number of hydrogen-bond donors (Lipinski definition) is 3. The molecule has 4 rings (SSSR count). The third kappa shape index (κ3) is 3.85. The van der Waals surface area contributed by atoms with Crippen LogP contribution in [0.1, 0.15) is 16.1 Å². The Morgan fingerprint density at radius 1 is 1.14 bits per heavy atom. The van der Waals surface area contributed by atoms with Gasteiger partial charge < -0.3 is 14.8 Å². The van der Waals surface area contributed by atoms with E-state index in [-0.39, 0.29) is 33.6 Å². The van der Waals surface area contributed by atoms with E-state index in [0.29, 0.717) is 12.1 Å². The van der Waals surface area contributed by atoms with Gasteiger partial charge >= 0.3 is 0 Å². The van der Waals surface area contributed by atoms with Gasteiger partial charge in [0, 0.05) is 11.8 Å². The van der Waals surface area contributed by atoms with Crippen LogP contribution < -0.4 is 16.1 Å². The SMILES string of the molecule is O=C1NC(=O)C(Cc2ccc(NC(=O)c3cc(=O)c4c(O)cccc4o3)cc2)S1. The topological polar surface area (TPSA) is 126 Å². The van der Waals surface area contributed by atoms with Gasteiger partial charge in [0.1, 0.15) is 16.7 Å². The molecule has 1 aliphatic rings. The fraction of sp³-hybridized carbons (Fsp3) is 0.100. The summed E-state index contributed by atoms with van der Waals surface area (Å²) >= 11 is 0.955. The summed E-state index contributed by atoms with van der Waals surface area (Å²) in [5, 5.41) is 13.8. The maximum absolute atomic E-state index is 12.4. The van der Waals surface area contributed by atoms with Crippen molar-refractivity contribution < 1.29 is 23.9 Å². The molecule has 0 saturated carbocycles. The van der Waals surface area contributed by atoms with Crippen LogP contribution in [0.15, 0.2) is 57.7 Å². The number of fused-ring (bicyclic) bond motifs is 1. The van der Waals surface area contributed by atoms with Gasteiger partial charge in [-0.3, -0.25) is 24.5 Å². The number of aromatic hydroxyl groups is 1. The molecule has 3 N–H and O–H groups in total. The summed E-state index contributed by atoms with van der Waals surface area (Å²) in [6.07, 6.45) is 0.388. The zero-order chi connectivity index (χ0) is 20.5. The van der Waals surface area contributed by atoms with E-state index in [9.17, 15) is 24.3 Å². The van der Waals surface area contributed by atoms with Crippen molar-refractivity contribution in [1.29, 1.82) is 0 Å². The first kappa shape index (κ1) is 18.8. The van der Waals surface area contributed by atoms with Crippen LogP contribution in [-0.2, 0) is 11.2 Å². The second kappa shape index (κ2) is 7.44. The van der Waals surface area contributed by atoms with E-state index >= 15 is 0 Å². The predicted molar refractivity (Wildman–Crippen MR) is 107 cm³/mol. The van der Waals surface area contributed by atoms with Crippen molar-refractivity contribution in [3.05, 3.63) is 70.1 Å². The number of hydrogen-bond acceptors (Lipinski definition) is 7. The Labute approximate surface area is 167 Å². The van der Waals surface area contributed by atoms with Gasteiger partial charge in [-0.15, -0.1) is 0 Å². The highest BCUT2D eigenvalue weighted by Gasteiger charge is 2.31. The number of phenols is 1. The predicted octanol–water partition coefficient (Wildman–Crippen LogP) is 2.65. The van der Waals surface area contributed by atoms with Crippen LogP contribution >= 0.6 is 11.8 Å². The molecule has 1 atom stereocenters. The summed E-state index contributed by atoms with van der Waals surface area (Å²) < 4.78 is 5.44. The van der Waals surface area contributed by atoms with Crippen molar-refractivity contribution in [2.75, 3.05) is 5.32 Å². The molecule has 1 fully saturated rings. The molecule has 2 aromatic carbocycles. The van der Waals surface area contributed by atoms with Crippen molar-refractivity contribution in [3.8, 4) is 5.75 Å². The molecule has 0 spiro atoms. The van der Waals surface area contributed by atoms with Gasteiger partial charge in [0.15, 0.2) is 11.2 Å². The maximum Gasteiger partial charge on any atom is 0.291 e. The van der Waals surface area contributed by atoms with E-state index in [1.54, 1.807) is 24.3 Å². The second-order valence-electron chi connectivity index (χ2n) is 6.36. The van der Waals surface area contributed by atoms with E-state index in [0.717, 1.165) is 23.4 Å². The van der Waals surface area contributed by atoms with Gasteiger partial charge in [-0.05, 0) is 36.2 Å². The smallest absolute Gasteiger partial charge is 0.291 e. The lowest BCUT2D eigenvalue weighted by Gasteiger charge is -2.08. The molecule has 1 aliphatic heterocycles. The molecule has 1 unspecified atom stereocenters. The standard InChI is InChI=1S/C20H14N2O6S/c23-12-2-1-3-14-17(12)13(24)9-15(28-14)18(25)21-11-6-4-10(5-7-11)8-16-19(26)22-20(27)29-16/h1-7,9,16,23H,8H2,(H,21,25)(H,22,26,27). The summed E-state index contributed by atoms with van der Waals surface area (Å²) in [6, 6.07) is 12.2. The largest absolute Gasteiger partial charge is 0.507 e. The highest BCUT2D eigenvalue weighted by molar-refractivity contribution is 8.15. The van der Waals surface area contributed by atoms with Crippen molar-refractivity contribution in [2.24, 2.45) is 0 Å². The minimum Gasteiger partial charge on any atom is -0.507 e. The van der Waals surface area contributed by atoms with Crippen LogP contribution in [0.2, 0.25) is 0 Å². The maximum atomic E-state index is 12.4. The van der Waals surface area contributed by atoms with E-state index < -0.39 is 16.6 Å². The molecule has 3 aromatic rings. The number of imide groups is 1. The Balaban J connectivity index is 1.49. The number of phenolic OH excluding ortho intramolecular Hbond substituents is 1. The van der Waals surface area contributed by atoms with Gasteiger partial charge in [-0.2, -0.15) is 0 Å². The molecule has 29 heavy (non-hydrogen) atoms. The Bertz CT molecular complexity index is 1200. The van der Waals surface area contributed by atoms with Crippen LogP contribution in [-0.4, -0.2) is 27.4 Å². The molecule has 9 heteroatoms. The lowest BCUT2D eigenvalue weighted by atomic mass is 10.1. The highest BCUT2D eigenvalue weighted by atomic mass is 32.2. The molecule has 8 nitrogen and oxygen atoms in total. The van der Waals surface area contributed by atoms with E-state index in [1.165, 1.54) is 18.2 Å². The molecule has 1 saturated heterocycles. The lowest BCUT2D eigenvalue weighted by molar-refractivity contribution is -0.118. The molecular weight excluding hydrogens is 396 g/mol. The van der Waals surface area contributed by atoms with E-state index in [1.807, 2.05) is 0 Å². The summed E-state index contributed by atoms with van der Waals surface area (Å²) in [6.45, 7) is 0. The Hall–Kier alpha value is -3.59. The van der Waals surface area contributed by atoms with E-state index in [2.05, 4.69) is 10.6 Å². The number of thioether (sulfide) groups is 1. The zero-order valence-corrected chi connectivity index (χ0v) is 15.6. The Morgan fingerprint density at radius 2 is 1.90 bits per heavy atom. The van der Waals surface area contributed by atoms with Gasteiger partial charge in [-0.25, -0.2) is 0 Å². The zero-order valence-electron chi connectivity index (χ0n) is 14.8. The van der Waals surface area contributed by atoms with Gasteiger partial charge in [0.05, 0.1) is 5.25 Å². The number of anilines is 1. The summed E-state index contributed by atoms with van der Waals surface area (Å²) in [4.78, 5) is 47.5. The van der Waals surface area contributed by atoms with Crippen LogP contribution in [0.25, 0.3) is 11.0 Å². The normalized spacial score (nSPS) is 16.1. The molecular formula is C20H14N2O6S. The molecule has 146 valence electrons. The minimum atomic E-state index is -0.614. The van der Waals surface area contributed by atoms with Crippen molar-refractivity contribution in [3.63, 3.8) is 0 Å². The second-order valence-corrected chi connectivity index (χ2v) is 7.54. The summed E-state index contributed by atoms with van der Waals surface area (Å²) in [5.74, 6) is -1.32. The number of carbonyl (C=O) groups is 3. The average molecular weight is 410 g/mol. The lowest BCUT2D eigenvalue weighted by Crippen LogP contribution is -2.25. The summed E-state index contributed by atoms with van der Waals surface area (Å²) in [5.41, 5.74) is 0.890. The quantitative estimate of drug-likeness (QED) is 0.604. The molecule has 0 radical (unpaired) electrons.